The van der Waals surface area contributed by atoms with Crippen molar-refractivity contribution in [2.45, 2.75) is 19.5 Å². The molecule has 0 unspecified atom stereocenters. The summed E-state index contributed by atoms with van der Waals surface area (Å²) >= 11 is 5.90. The molecule has 0 spiro atoms. The van der Waals surface area contributed by atoms with Crippen molar-refractivity contribution >= 4 is 11.6 Å². The number of nitrogens with one attached hydrogen (secondary N) is 1. The molecular weight excluding hydrogens is 284 g/mol. The van der Waals surface area contributed by atoms with E-state index in [4.69, 9.17) is 21.6 Å². The normalized spacial score (nSPS) is 11.7. The van der Waals surface area contributed by atoms with E-state index < -0.39 is 0 Å². The summed E-state index contributed by atoms with van der Waals surface area (Å²) in [5, 5.41) is 12.8. The fourth-order valence-electron chi connectivity index (χ4n) is 2.03. The van der Waals surface area contributed by atoms with E-state index in [1.807, 2.05) is 54.6 Å². The molecule has 3 nitrogen and oxygen atoms in total. The van der Waals surface area contributed by atoms with Gasteiger partial charge in [-0.05, 0) is 30.7 Å². The van der Waals surface area contributed by atoms with Gasteiger partial charge in [0.25, 0.3) is 0 Å². The van der Waals surface area contributed by atoms with Crippen LogP contribution in [0.15, 0.2) is 48.5 Å². The van der Waals surface area contributed by atoms with Gasteiger partial charge in [-0.1, -0.05) is 41.9 Å². The molecule has 2 rings (SSSR count). The zero-order valence-electron chi connectivity index (χ0n) is 11.8. The van der Waals surface area contributed by atoms with E-state index in [0.29, 0.717) is 6.54 Å². The molecule has 0 aliphatic carbocycles. The molecule has 4 heteroatoms. The smallest absolute Gasteiger partial charge is 0.174 e. The monoisotopic (exact) mass is 300 g/mol. The average molecular weight is 301 g/mol. The minimum absolute atomic E-state index is 0.0593. The molecule has 2 aromatic rings. The van der Waals surface area contributed by atoms with Crippen molar-refractivity contribution in [3.8, 4) is 11.8 Å². The van der Waals surface area contributed by atoms with Crippen LogP contribution in [-0.2, 0) is 6.54 Å². The van der Waals surface area contributed by atoms with Crippen LogP contribution in [0.4, 0.5) is 0 Å². The molecule has 1 N–H and O–H groups in total. The fourth-order valence-corrected chi connectivity index (χ4v) is 2.16. The summed E-state index contributed by atoms with van der Waals surface area (Å²) in [5.74, 6) is 0.745. The molecule has 2 aromatic carbocycles. The second-order valence-corrected chi connectivity index (χ2v) is 5.15. The van der Waals surface area contributed by atoms with Crippen molar-refractivity contribution in [2.75, 3.05) is 6.61 Å². The minimum Gasteiger partial charge on any atom is -0.478 e. The molecule has 0 fully saturated rings. The molecule has 21 heavy (non-hydrogen) atoms. The lowest BCUT2D eigenvalue weighted by Crippen LogP contribution is -2.18. The first-order valence-corrected chi connectivity index (χ1v) is 7.15. The minimum atomic E-state index is 0.0593. The number of rotatable bonds is 6. The first-order valence-electron chi connectivity index (χ1n) is 6.77. The Morgan fingerprint density at radius 1 is 1.19 bits per heavy atom. The molecular formula is C17H17ClN2O. The third kappa shape index (κ3) is 4.49. The summed E-state index contributed by atoms with van der Waals surface area (Å²) in [6, 6.07) is 17.7. The number of para-hydroxylation sites is 1. The van der Waals surface area contributed by atoms with Gasteiger partial charge in [-0.25, -0.2) is 0 Å². The van der Waals surface area contributed by atoms with E-state index in [1.54, 1.807) is 0 Å². The van der Waals surface area contributed by atoms with E-state index in [9.17, 15) is 0 Å². The standard InChI is InChI=1S/C17H17ClN2O/c1-13(14-6-8-16(18)9-7-14)20-12-15-4-2-3-5-17(15)21-11-10-19/h2-9,13,20H,11-12H2,1H3/t13-/m0/s1. The van der Waals surface area contributed by atoms with Gasteiger partial charge in [0.1, 0.15) is 11.8 Å². The lowest BCUT2D eigenvalue weighted by molar-refractivity contribution is 0.361. The number of halogens is 1. The molecule has 108 valence electrons. The number of nitrogens with zero attached hydrogens (tertiary/aromatic N) is 1. The third-order valence-electron chi connectivity index (χ3n) is 3.23. The van der Waals surface area contributed by atoms with Crippen molar-refractivity contribution in [3.05, 3.63) is 64.7 Å². The number of benzene rings is 2. The molecule has 0 saturated heterocycles. The molecule has 0 aliphatic rings. The van der Waals surface area contributed by atoms with E-state index in [0.717, 1.165) is 16.3 Å². The van der Waals surface area contributed by atoms with Crippen molar-refractivity contribution in [1.82, 2.24) is 5.32 Å². The molecule has 0 saturated carbocycles. The van der Waals surface area contributed by atoms with E-state index in [-0.39, 0.29) is 12.6 Å². The van der Waals surface area contributed by atoms with Gasteiger partial charge < -0.3 is 10.1 Å². The SMILES string of the molecule is C[C@H](NCc1ccccc1OCC#N)c1ccc(Cl)cc1. The summed E-state index contributed by atoms with van der Waals surface area (Å²) in [6.45, 7) is 2.83. The summed E-state index contributed by atoms with van der Waals surface area (Å²) in [7, 11) is 0. The topological polar surface area (TPSA) is 45.0 Å². The number of ether oxygens (including phenoxy) is 1. The molecule has 1 atom stereocenters. The Morgan fingerprint density at radius 3 is 2.62 bits per heavy atom. The van der Waals surface area contributed by atoms with Gasteiger partial charge in [0.15, 0.2) is 6.61 Å². The number of nitriles is 1. The van der Waals surface area contributed by atoms with Crippen molar-refractivity contribution in [1.29, 1.82) is 5.26 Å². The Bertz CT molecular complexity index is 619. The van der Waals surface area contributed by atoms with Crippen molar-refractivity contribution < 1.29 is 4.74 Å². The molecule has 0 bridgehead atoms. The Labute approximate surface area is 130 Å². The van der Waals surface area contributed by atoms with Gasteiger partial charge in [-0.2, -0.15) is 5.26 Å². The van der Waals surface area contributed by atoms with Gasteiger partial charge in [0.05, 0.1) is 0 Å². The van der Waals surface area contributed by atoms with Gasteiger partial charge in [-0.15, -0.1) is 0 Å². The van der Waals surface area contributed by atoms with Crippen LogP contribution in [0.1, 0.15) is 24.1 Å². The van der Waals surface area contributed by atoms with Crippen LogP contribution in [-0.4, -0.2) is 6.61 Å². The Kier molecular flexibility index (Phi) is 5.62. The van der Waals surface area contributed by atoms with Crippen LogP contribution in [0.5, 0.6) is 5.75 Å². The first-order chi connectivity index (χ1) is 10.2. The lowest BCUT2D eigenvalue weighted by Gasteiger charge is -2.16. The Hall–Kier alpha value is -2.02. The summed E-state index contributed by atoms with van der Waals surface area (Å²) in [4.78, 5) is 0. The second-order valence-electron chi connectivity index (χ2n) is 4.71. The highest BCUT2D eigenvalue weighted by molar-refractivity contribution is 6.30. The molecule has 0 amide bonds. The van der Waals surface area contributed by atoms with Gasteiger partial charge in [0.2, 0.25) is 0 Å². The van der Waals surface area contributed by atoms with E-state index in [1.165, 1.54) is 5.56 Å². The summed E-state index contributed by atoms with van der Waals surface area (Å²) in [5.41, 5.74) is 2.21. The second kappa shape index (κ2) is 7.68. The largest absolute Gasteiger partial charge is 0.478 e. The third-order valence-corrected chi connectivity index (χ3v) is 3.49. The van der Waals surface area contributed by atoms with Gasteiger partial charge >= 0.3 is 0 Å². The van der Waals surface area contributed by atoms with Gasteiger partial charge in [0, 0.05) is 23.2 Å². The highest BCUT2D eigenvalue weighted by Crippen LogP contribution is 2.20. The van der Waals surface area contributed by atoms with E-state index in [2.05, 4.69) is 12.2 Å². The maximum Gasteiger partial charge on any atom is 0.174 e. The number of hydrogen-bond donors (Lipinski definition) is 1. The quantitative estimate of drug-likeness (QED) is 0.874. The lowest BCUT2D eigenvalue weighted by atomic mass is 10.1. The summed E-state index contributed by atoms with van der Waals surface area (Å²) < 4.78 is 5.42. The van der Waals surface area contributed by atoms with Crippen LogP contribution in [0, 0.1) is 11.3 Å². The van der Waals surface area contributed by atoms with Crippen LogP contribution in [0.3, 0.4) is 0 Å². The maximum absolute atomic E-state index is 8.61. The van der Waals surface area contributed by atoms with Gasteiger partial charge in [-0.3, -0.25) is 0 Å². The molecule has 0 aliphatic heterocycles. The molecule has 0 aromatic heterocycles. The van der Waals surface area contributed by atoms with Crippen molar-refractivity contribution in [3.63, 3.8) is 0 Å². The Balaban J connectivity index is 1.99. The highest BCUT2D eigenvalue weighted by Gasteiger charge is 2.07. The highest BCUT2D eigenvalue weighted by atomic mass is 35.5. The number of hydrogen-bond acceptors (Lipinski definition) is 3. The van der Waals surface area contributed by atoms with Crippen molar-refractivity contribution in [2.24, 2.45) is 0 Å². The molecule has 0 radical (unpaired) electrons. The van der Waals surface area contributed by atoms with Crippen LogP contribution >= 0.6 is 11.6 Å². The van der Waals surface area contributed by atoms with Crippen LogP contribution in [0.2, 0.25) is 5.02 Å². The summed E-state index contributed by atoms with van der Waals surface area (Å²) in [6.07, 6.45) is 0. The zero-order chi connectivity index (χ0) is 15.1. The maximum atomic E-state index is 8.61. The predicted octanol–water partition coefficient (Wildman–Crippen LogP) is 4.09. The van der Waals surface area contributed by atoms with Crippen LogP contribution in [0.25, 0.3) is 0 Å². The Morgan fingerprint density at radius 2 is 1.90 bits per heavy atom. The average Bonchev–Trinajstić information content (AvgIpc) is 2.52. The fraction of sp³-hybridized carbons (Fsp3) is 0.235. The molecule has 0 heterocycles. The predicted molar refractivity (Wildman–Crippen MR) is 84.3 cm³/mol. The first kappa shape index (κ1) is 15.4. The zero-order valence-corrected chi connectivity index (χ0v) is 12.6. The van der Waals surface area contributed by atoms with E-state index >= 15 is 0 Å². The van der Waals surface area contributed by atoms with Crippen LogP contribution < -0.4 is 10.1 Å².